The monoisotopic (exact) mass is 216 g/mol. The van der Waals surface area contributed by atoms with Crippen molar-refractivity contribution < 1.29 is 4.74 Å². The fraction of sp³-hybridized carbons (Fsp3) is 0.308. The van der Waals surface area contributed by atoms with E-state index >= 15 is 0 Å². The summed E-state index contributed by atoms with van der Waals surface area (Å²) in [5.41, 5.74) is 2.26. The molecule has 2 rings (SSSR count). The van der Waals surface area contributed by atoms with Crippen LogP contribution in [0.25, 0.3) is 5.69 Å². The van der Waals surface area contributed by atoms with Crippen LogP contribution in [0, 0.1) is 0 Å². The second kappa shape index (κ2) is 4.39. The summed E-state index contributed by atoms with van der Waals surface area (Å²) in [6.07, 6.45) is 3.96. The van der Waals surface area contributed by atoms with Crippen molar-refractivity contribution in [2.45, 2.75) is 19.8 Å². The Bertz CT molecular complexity index is 474. The van der Waals surface area contributed by atoms with Crippen molar-refractivity contribution in [3.63, 3.8) is 0 Å². The first-order valence-corrected chi connectivity index (χ1v) is 5.39. The van der Waals surface area contributed by atoms with Gasteiger partial charge in [-0.3, -0.25) is 0 Å². The Balaban J connectivity index is 2.34. The zero-order chi connectivity index (χ0) is 11.5. The van der Waals surface area contributed by atoms with E-state index in [2.05, 4.69) is 25.1 Å². The average molecular weight is 216 g/mol. The minimum atomic E-state index is 0.499. The van der Waals surface area contributed by atoms with Gasteiger partial charge >= 0.3 is 0 Å². The molecule has 0 saturated carbocycles. The number of ether oxygens (including phenoxy) is 1. The van der Waals surface area contributed by atoms with Crippen molar-refractivity contribution in [1.82, 2.24) is 9.78 Å². The molecule has 0 spiro atoms. The van der Waals surface area contributed by atoms with Gasteiger partial charge in [-0.25, -0.2) is 4.68 Å². The highest BCUT2D eigenvalue weighted by molar-refractivity contribution is 5.39. The van der Waals surface area contributed by atoms with E-state index in [1.165, 1.54) is 5.56 Å². The summed E-state index contributed by atoms with van der Waals surface area (Å²) in [5.74, 6) is 1.35. The summed E-state index contributed by atoms with van der Waals surface area (Å²) < 4.78 is 7.06. The molecule has 0 saturated heterocycles. The van der Waals surface area contributed by atoms with Gasteiger partial charge in [-0.05, 0) is 23.6 Å². The highest BCUT2D eigenvalue weighted by atomic mass is 16.5. The Morgan fingerprint density at radius 2 is 2.12 bits per heavy atom. The van der Waals surface area contributed by atoms with E-state index in [1.54, 1.807) is 7.11 Å². The van der Waals surface area contributed by atoms with Crippen molar-refractivity contribution in [2.24, 2.45) is 0 Å². The van der Waals surface area contributed by atoms with Gasteiger partial charge in [0, 0.05) is 12.3 Å². The van der Waals surface area contributed by atoms with Crippen molar-refractivity contribution >= 4 is 0 Å². The predicted octanol–water partition coefficient (Wildman–Crippen LogP) is 3.00. The van der Waals surface area contributed by atoms with Gasteiger partial charge in [-0.15, -0.1) is 0 Å². The normalized spacial score (nSPS) is 10.8. The summed E-state index contributed by atoms with van der Waals surface area (Å²) in [7, 11) is 1.67. The minimum Gasteiger partial charge on any atom is -0.497 e. The van der Waals surface area contributed by atoms with Crippen LogP contribution in [-0.2, 0) is 0 Å². The smallest absolute Gasteiger partial charge is 0.121 e. The molecule has 0 N–H and O–H groups in total. The molecule has 3 nitrogen and oxygen atoms in total. The lowest BCUT2D eigenvalue weighted by Crippen LogP contribution is -1.94. The second-order valence-electron chi connectivity index (χ2n) is 4.07. The molecule has 1 aromatic carbocycles. The Morgan fingerprint density at radius 3 is 2.75 bits per heavy atom. The number of hydrogen-bond donors (Lipinski definition) is 0. The minimum absolute atomic E-state index is 0.499. The quantitative estimate of drug-likeness (QED) is 0.788. The maximum Gasteiger partial charge on any atom is 0.121 e. The van der Waals surface area contributed by atoms with E-state index in [1.807, 2.05) is 35.1 Å². The number of hydrogen-bond acceptors (Lipinski definition) is 2. The Hall–Kier alpha value is -1.77. The van der Waals surface area contributed by atoms with Crippen LogP contribution in [0.2, 0.25) is 0 Å². The maximum absolute atomic E-state index is 5.19. The Kier molecular flexibility index (Phi) is 2.95. The second-order valence-corrected chi connectivity index (χ2v) is 4.07. The molecule has 0 radical (unpaired) electrons. The van der Waals surface area contributed by atoms with Gasteiger partial charge in [0.05, 0.1) is 19.0 Å². The molecule has 0 fully saturated rings. The Morgan fingerprint density at radius 1 is 1.31 bits per heavy atom. The van der Waals surface area contributed by atoms with E-state index < -0.39 is 0 Å². The van der Waals surface area contributed by atoms with E-state index in [0.29, 0.717) is 5.92 Å². The summed E-state index contributed by atoms with van der Waals surface area (Å²) >= 11 is 0. The third kappa shape index (κ3) is 2.08. The third-order valence-electron chi connectivity index (χ3n) is 2.59. The van der Waals surface area contributed by atoms with Crippen LogP contribution in [0.3, 0.4) is 0 Å². The molecule has 2 aromatic rings. The van der Waals surface area contributed by atoms with Gasteiger partial charge in [0.25, 0.3) is 0 Å². The molecule has 0 aliphatic rings. The highest BCUT2D eigenvalue weighted by Crippen LogP contribution is 2.18. The van der Waals surface area contributed by atoms with Crippen LogP contribution in [0.1, 0.15) is 25.3 Å². The lowest BCUT2D eigenvalue weighted by molar-refractivity contribution is 0.414. The highest BCUT2D eigenvalue weighted by Gasteiger charge is 2.04. The lowest BCUT2D eigenvalue weighted by Gasteiger charge is -2.04. The van der Waals surface area contributed by atoms with E-state index in [-0.39, 0.29) is 0 Å². The number of nitrogens with zero attached hydrogens (tertiary/aromatic N) is 2. The van der Waals surface area contributed by atoms with Crippen molar-refractivity contribution in [1.29, 1.82) is 0 Å². The first kappa shape index (κ1) is 10.7. The van der Waals surface area contributed by atoms with Gasteiger partial charge in [-0.1, -0.05) is 19.9 Å². The van der Waals surface area contributed by atoms with Crippen LogP contribution < -0.4 is 4.74 Å². The SMILES string of the molecule is COc1cccc(-n2cc(C(C)C)cn2)c1. The van der Waals surface area contributed by atoms with Gasteiger partial charge in [0.2, 0.25) is 0 Å². The topological polar surface area (TPSA) is 27.1 Å². The zero-order valence-electron chi connectivity index (χ0n) is 9.84. The van der Waals surface area contributed by atoms with Gasteiger partial charge in [0.1, 0.15) is 5.75 Å². The molecule has 0 atom stereocenters. The molecule has 0 amide bonds. The fourth-order valence-corrected chi connectivity index (χ4v) is 1.53. The summed E-state index contributed by atoms with van der Waals surface area (Å²) in [4.78, 5) is 0. The molecule has 84 valence electrons. The molecule has 0 bridgehead atoms. The zero-order valence-corrected chi connectivity index (χ0v) is 9.84. The van der Waals surface area contributed by atoms with E-state index in [9.17, 15) is 0 Å². The molecule has 3 heteroatoms. The van der Waals surface area contributed by atoms with Crippen LogP contribution in [0.4, 0.5) is 0 Å². The van der Waals surface area contributed by atoms with Crippen LogP contribution in [-0.4, -0.2) is 16.9 Å². The summed E-state index contributed by atoms with van der Waals surface area (Å²) in [6.45, 7) is 4.32. The largest absolute Gasteiger partial charge is 0.497 e. The lowest BCUT2D eigenvalue weighted by atomic mass is 10.1. The molecular weight excluding hydrogens is 200 g/mol. The molecule has 0 unspecified atom stereocenters. The fourth-order valence-electron chi connectivity index (χ4n) is 1.53. The molecule has 16 heavy (non-hydrogen) atoms. The molecule has 0 aliphatic carbocycles. The summed E-state index contributed by atoms with van der Waals surface area (Å²) in [5, 5.41) is 4.34. The molecular formula is C13H16N2O. The number of benzene rings is 1. The molecule has 0 aliphatic heterocycles. The maximum atomic E-state index is 5.19. The van der Waals surface area contributed by atoms with E-state index in [4.69, 9.17) is 4.74 Å². The molecule has 1 heterocycles. The van der Waals surface area contributed by atoms with Gasteiger partial charge in [0.15, 0.2) is 0 Å². The average Bonchev–Trinajstić information content (AvgIpc) is 2.78. The van der Waals surface area contributed by atoms with Gasteiger partial charge < -0.3 is 4.74 Å². The predicted molar refractivity (Wildman–Crippen MR) is 64.2 cm³/mol. The van der Waals surface area contributed by atoms with Crippen LogP contribution in [0.5, 0.6) is 5.75 Å². The van der Waals surface area contributed by atoms with E-state index in [0.717, 1.165) is 11.4 Å². The third-order valence-corrected chi connectivity index (χ3v) is 2.59. The van der Waals surface area contributed by atoms with Crippen molar-refractivity contribution in [3.05, 3.63) is 42.2 Å². The van der Waals surface area contributed by atoms with Crippen molar-refractivity contribution in [3.8, 4) is 11.4 Å². The molecule has 1 aromatic heterocycles. The number of methoxy groups -OCH3 is 1. The Labute approximate surface area is 95.7 Å². The first-order chi connectivity index (χ1) is 7.70. The standard InChI is InChI=1S/C13H16N2O/c1-10(2)11-8-14-15(9-11)12-5-4-6-13(7-12)16-3/h4-10H,1-3H3. The number of aromatic nitrogens is 2. The first-order valence-electron chi connectivity index (χ1n) is 5.39. The van der Waals surface area contributed by atoms with Crippen LogP contribution >= 0.6 is 0 Å². The summed E-state index contributed by atoms with van der Waals surface area (Å²) in [6, 6.07) is 7.87. The van der Waals surface area contributed by atoms with Gasteiger partial charge in [-0.2, -0.15) is 5.10 Å². The van der Waals surface area contributed by atoms with Crippen molar-refractivity contribution in [2.75, 3.05) is 7.11 Å². The van der Waals surface area contributed by atoms with Crippen LogP contribution in [0.15, 0.2) is 36.7 Å². The number of rotatable bonds is 3.